The van der Waals surface area contributed by atoms with Crippen LogP contribution in [-0.4, -0.2) is 28.8 Å². The SMILES string of the molecule is NCCC1(c2ccc(O)cn2)CCOC2(CCCC2)C1. The van der Waals surface area contributed by atoms with E-state index in [0.29, 0.717) is 6.54 Å². The molecule has 0 radical (unpaired) electrons. The van der Waals surface area contributed by atoms with Crippen LogP contribution >= 0.6 is 0 Å². The molecule has 110 valence electrons. The maximum atomic E-state index is 9.46. The summed E-state index contributed by atoms with van der Waals surface area (Å²) in [6.45, 7) is 1.46. The monoisotopic (exact) mass is 276 g/mol. The van der Waals surface area contributed by atoms with E-state index in [9.17, 15) is 5.11 Å². The van der Waals surface area contributed by atoms with Crippen LogP contribution in [0.1, 0.15) is 50.6 Å². The first-order chi connectivity index (χ1) is 9.68. The molecule has 1 aromatic rings. The average Bonchev–Trinajstić information content (AvgIpc) is 2.87. The Morgan fingerprint density at radius 1 is 1.25 bits per heavy atom. The van der Waals surface area contributed by atoms with Crippen LogP contribution in [0, 0.1) is 0 Å². The van der Waals surface area contributed by atoms with Crippen molar-refractivity contribution in [3.05, 3.63) is 24.0 Å². The van der Waals surface area contributed by atoms with Crippen LogP contribution in [0.2, 0.25) is 0 Å². The lowest BCUT2D eigenvalue weighted by molar-refractivity contribution is -0.104. The van der Waals surface area contributed by atoms with Gasteiger partial charge < -0.3 is 15.6 Å². The molecule has 4 nitrogen and oxygen atoms in total. The van der Waals surface area contributed by atoms with Crippen molar-refractivity contribution in [2.24, 2.45) is 5.73 Å². The molecule has 0 aromatic carbocycles. The fourth-order valence-electron chi connectivity index (χ4n) is 4.10. The molecule has 1 spiro atoms. The Bertz CT molecular complexity index is 450. The molecule has 2 aliphatic rings. The minimum absolute atomic E-state index is 0.0189. The Hall–Kier alpha value is -1.13. The minimum atomic E-state index is 0.0189. The third-order valence-corrected chi connectivity index (χ3v) is 5.08. The maximum absolute atomic E-state index is 9.46. The largest absolute Gasteiger partial charge is 0.506 e. The van der Waals surface area contributed by atoms with Gasteiger partial charge in [-0.3, -0.25) is 4.98 Å². The summed E-state index contributed by atoms with van der Waals surface area (Å²) in [6, 6.07) is 3.69. The second-order valence-corrected chi connectivity index (χ2v) is 6.39. The van der Waals surface area contributed by atoms with Gasteiger partial charge in [0.1, 0.15) is 5.75 Å². The second kappa shape index (κ2) is 5.34. The van der Waals surface area contributed by atoms with Crippen molar-refractivity contribution >= 4 is 0 Å². The van der Waals surface area contributed by atoms with E-state index in [0.717, 1.165) is 44.4 Å². The predicted octanol–water partition coefficient (Wildman–Crippen LogP) is 2.50. The van der Waals surface area contributed by atoms with Crippen LogP contribution in [-0.2, 0) is 10.2 Å². The fraction of sp³-hybridized carbons (Fsp3) is 0.688. The predicted molar refractivity (Wildman–Crippen MR) is 77.6 cm³/mol. The Kier molecular flexibility index (Phi) is 3.69. The van der Waals surface area contributed by atoms with Gasteiger partial charge in [0.05, 0.1) is 11.8 Å². The van der Waals surface area contributed by atoms with Crippen molar-refractivity contribution < 1.29 is 9.84 Å². The molecule has 0 bridgehead atoms. The third-order valence-electron chi connectivity index (χ3n) is 5.08. The first-order valence-electron chi connectivity index (χ1n) is 7.68. The molecule has 1 saturated heterocycles. The van der Waals surface area contributed by atoms with Gasteiger partial charge in [-0.1, -0.05) is 12.8 Å². The number of nitrogens with zero attached hydrogens (tertiary/aromatic N) is 1. The van der Waals surface area contributed by atoms with Gasteiger partial charge in [-0.25, -0.2) is 0 Å². The molecule has 1 aliphatic heterocycles. The van der Waals surface area contributed by atoms with E-state index >= 15 is 0 Å². The number of aromatic nitrogens is 1. The van der Waals surface area contributed by atoms with Gasteiger partial charge in [0.25, 0.3) is 0 Å². The number of ether oxygens (including phenoxy) is 1. The molecule has 0 amide bonds. The van der Waals surface area contributed by atoms with Crippen molar-refractivity contribution in [3.63, 3.8) is 0 Å². The van der Waals surface area contributed by atoms with Gasteiger partial charge in [-0.05, 0) is 50.8 Å². The van der Waals surface area contributed by atoms with Crippen LogP contribution in [0.4, 0.5) is 0 Å². The Labute approximate surface area is 120 Å². The van der Waals surface area contributed by atoms with Crippen LogP contribution in [0.15, 0.2) is 18.3 Å². The van der Waals surface area contributed by atoms with Crippen LogP contribution in [0.3, 0.4) is 0 Å². The standard InChI is InChI=1S/C16H24N2O2/c17-9-7-15(14-4-3-13(19)11-18-14)8-10-20-16(12-15)5-1-2-6-16/h3-4,11,19H,1-2,5-10,12,17H2. The molecule has 1 aromatic heterocycles. The summed E-state index contributed by atoms with van der Waals surface area (Å²) in [5.74, 6) is 0.222. The number of pyridine rings is 1. The second-order valence-electron chi connectivity index (χ2n) is 6.39. The molecule has 1 atom stereocenters. The molecule has 1 saturated carbocycles. The number of hydrogen-bond acceptors (Lipinski definition) is 4. The van der Waals surface area contributed by atoms with E-state index in [1.54, 1.807) is 12.3 Å². The van der Waals surface area contributed by atoms with E-state index in [1.807, 2.05) is 6.07 Å². The van der Waals surface area contributed by atoms with Crippen LogP contribution < -0.4 is 5.73 Å². The van der Waals surface area contributed by atoms with Gasteiger partial charge in [-0.2, -0.15) is 0 Å². The molecule has 20 heavy (non-hydrogen) atoms. The lowest BCUT2D eigenvalue weighted by Gasteiger charge is -2.46. The zero-order valence-electron chi connectivity index (χ0n) is 12.0. The van der Waals surface area contributed by atoms with Crippen molar-refractivity contribution in [1.82, 2.24) is 4.98 Å². The summed E-state index contributed by atoms with van der Waals surface area (Å²) in [5.41, 5.74) is 7.01. The quantitative estimate of drug-likeness (QED) is 0.890. The summed E-state index contributed by atoms with van der Waals surface area (Å²) in [7, 11) is 0. The van der Waals surface area contributed by atoms with E-state index in [-0.39, 0.29) is 16.8 Å². The van der Waals surface area contributed by atoms with Crippen molar-refractivity contribution in [1.29, 1.82) is 0 Å². The lowest BCUT2D eigenvalue weighted by Crippen LogP contribution is -2.47. The van der Waals surface area contributed by atoms with Crippen LogP contribution in [0.25, 0.3) is 0 Å². The van der Waals surface area contributed by atoms with E-state index in [2.05, 4.69) is 4.98 Å². The molecule has 1 aliphatic carbocycles. The minimum Gasteiger partial charge on any atom is -0.506 e. The van der Waals surface area contributed by atoms with Gasteiger partial charge in [0, 0.05) is 17.7 Å². The lowest BCUT2D eigenvalue weighted by atomic mass is 9.68. The maximum Gasteiger partial charge on any atom is 0.133 e. The van der Waals surface area contributed by atoms with Gasteiger partial charge in [0.2, 0.25) is 0 Å². The Balaban J connectivity index is 1.92. The molecule has 4 heteroatoms. The van der Waals surface area contributed by atoms with E-state index in [1.165, 1.54) is 12.8 Å². The topological polar surface area (TPSA) is 68.4 Å². The van der Waals surface area contributed by atoms with Crippen molar-refractivity contribution in [2.75, 3.05) is 13.2 Å². The molecular formula is C16H24N2O2. The summed E-state index contributed by atoms with van der Waals surface area (Å²) in [6.07, 6.45) is 9.34. The Morgan fingerprint density at radius 3 is 2.70 bits per heavy atom. The first kappa shape index (κ1) is 13.8. The zero-order chi connectivity index (χ0) is 14.1. The highest BCUT2D eigenvalue weighted by Gasteiger charge is 2.48. The molecule has 2 fully saturated rings. The van der Waals surface area contributed by atoms with E-state index in [4.69, 9.17) is 10.5 Å². The number of hydrogen-bond donors (Lipinski definition) is 2. The van der Waals surface area contributed by atoms with Gasteiger partial charge >= 0.3 is 0 Å². The molecule has 3 rings (SSSR count). The first-order valence-corrected chi connectivity index (χ1v) is 7.68. The highest BCUT2D eigenvalue weighted by atomic mass is 16.5. The summed E-state index contributed by atoms with van der Waals surface area (Å²) >= 11 is 0. The molecule has 1 unspecified atom stereocenters. The van der Waals surface area contributed by atoms with E-state index < -0.39 is 0 Å². The normalized spacial score (nSPS) is 28.9. The highest BCUT2D eigenvalue weighted by molar-refractivity contribution is 5.25. The Morgan fingerprint density at radius 2 is 2.05 bits per heavy atom. The zero-order valence-corrected chi connectivity index (χ0v) is 12.0. The van der Waals surface area contributed by atoms with Crippen molar-refractivity contribution in [3.8, 4) is 5.75 Å². The molecular weight excluding hydrogens is 252 g/mol. The highest BCUT2D eigenvalue weighted by Crippen LogP contribution is 2.49. The summed E-state index contributed by atoms with van der Waals surface area (Å²) in [5, 5.41) is 9.46. The average molecular weight is 276 g/mol. The molecule has 2 heterocycles. The van der Waals surface area contributed by atoms with Gasteiger partial charge in [-0.15, -0.1) is 0 Å². The number of nitrogens with two attached hydrogens (primary N) is 1. The fourth-order valence-corrected chi connectivity index (χ4v) is 4.10. The van der Waals surface area contributed by atoms with Crippen LogP contribution in [0.5, 0.6) is 5.75 Å². The van der Waals surface area contributed by atoms with Gasteiger partial charge in [0.15, 0.2) is 0 Å². The third kappa shape index (κ3) is 2.42. The summed E-state index contributed by atoms with van der Waals surface area (Å²) in [4.78, 5) is 4.49. The van der Waals surface area contributed by atoms with Crippen molar-refractivity contribution in [2.45, 2.75) is 56.0 Å². The molecule has 3 N–H and O–H groups in total. The summed E-state index contributed by atoms with van der Waals surface area (Å²) < 4.78 is 6.16. The smallest absolute Gasteiger partial charge is 0.133 e. The number of aromatic hydroxyl groups is 1. The number of rotatable bonds is 3.